The van der Waals surface area contributed by atoms with E-state index in [0.29, 0.717) is 0 Å². The van der Waals surface area contributed by atoms with Crippen molar-refractivity contribution in [3.63, 3.8) is 0 Å². The lowest BCUT2D eigenvalue weighted by molar-refractivity contribution is 0.535. The second kappa shape index (κ2) is 3.68. The van der Waals surface area contributed by atoms with Gasteiger partial charge in [-0.15, -0.1) is 0 Å². The van der Waals surface area contributed by atoms with Gasteiger partial charge in [0.1, 0.15) is 0 Å². The molecule has 0 spiro atoms. The van der Waals surface area contributed by atoms with Gasteiger partial charge >= 0.3 is 0 Å². The summed E-state index contributed by atoms with van der Waals surface area (Å²) < 4.78 is 52.6. The van der Waals surface area contributed by atoms with Crippen LogP contribution < -0.4 is 0 Å². The molecule has 0 aliphatic rings. The van der Waals surface area contributed by atoms with Crippen LogP contribution in [0.15, 0.2) is 0 Å². The lowest BCUT2D eigenvalue weighted by atomic mass is 11.0. The smallest absolute Gasteiger partial charge is 0.233 e. The zero-order chi connectivity index (χ0) is 9.12. The van der Waals surface area contributed by atoms with Crippen LogP contribution in [0, 0.1) is 0 Å². The minimum absolute atomic E-state index is 0.749. The molecule has 0 bridgehead atoms. The topological polar surface area (TPSA) is 68.3 Å². The second-order valence-electron chi connectivity index (χ2n) is 1.80. The van der Waals surface area contributed by atoms with Crippen molar-refractivity contribution in [2.24, 2.45) is 0 Å². The van der Waals surface area contributed by atoms with Crippen molar-refractivity contribution < 1.29 is 21.2 Å². The van der Waals surface area contributed by atoms with E-state index in [1.807, 2.05) is 0 Å². The van der Waals surface area contributed by atoms with E-state index in [9.17, 15) is 21.2 Å². The summed E-state index contributed by atoms with van der Waals surface area (Å²) in [6, 6.07) is -1.56. The molecule has 0 N–H and O–H groups in total. The van der Waals surface area contributed by atoms with Crippen molar-refractivity contribution >= 4 is 29.6 Å². The standard InChI is InChI=1S/C3H6ClFO4S2/c4-11(8,9)2-1-10(6,7)3-5/h1-3H2. The third-order valence-electron chi connectivity index (χ3n) is 0.804. The minimum atomic E-state index is -3.88. The average molecular weight is 225 g/mol. The van der Waals surface area contributed by atoms with Crippen LogP contribution in [0.5, 0.6) is 0 Å². The monoisotopic (exact) mass is 224 g/mol. The summed E-state index contributed by atoms with van der Waals surface area (Å²) in [4.78, 5) is 0. The lowest BCUT2D eigenvalue weighted by Crippen LogP contribution is -2.14. The van der Waals surface area contributed by atoms with Crippen molar-refractivity contribution in [2.45, 2.75) is 0 Å². The highest BCUT2D eigenvalue weighted by atomic mass is 35.7. The van der Waals surface area contributed by atoms with Crippen LogP contribution in [0.1, 0.15) is 0 Å². The Balaban J connectivity index is 4.13. The van der Waals surface area contributed by atoms with Crippen LogP contribution in [-0.4, -0.2) is 34.3 Å². The van der Waals surface area contributed by atoms with Crippen molar-refractivity contribution in [3.8, 4) is 0 Å². The SMILES string of the molecule is O=S(=O)(Cl)CCS(=O)(=O)CF. The Morgan fingerprint density at radius 2 is 1.55 bits per heavy atom. The molecule has 0 unspecified atom stereocenters. The third-order valence-corrected chi connectivity index (χ3v) is 3.38. The fourth-order valence-corrected chi connectivity index (χ4v) is 2.77. The first-order valence-corrected chi connectivity index (χ1v) is 6.75. The molecule has 68 valence electrons. The maximum absolute atomic E-state index is 11.5. The molecule has 0 aliphatic carbocycles. The molecule has 0 aromatic rings. The number of rotatable bonds is 4. The van der Waals surface area contributed by atoms with Gasteiger partial charge in [0.2, 0.25) is 9.05 Å². The first-order valence-electron chi connectivity index (χ1n) is 2.45. The van der Waals surface area contributed by atoms with E-state index in [2.05, 4.69) is 10.7 Å². The molecule has 0 aromatic heterocycles. The van der Waals surface area contributed by atoms with Crippen molar-refractivity contribution in [1.82, 2.24) is 0 Å². The Morgan fingerprint density at radius 3 is 1.82 bits per heavy atom. The summed E-state index contributed by atoms with van der Waals surface area (Å²) in [6.07, 6.45) is 0. The zero-order valence-corrected chi connectivity index (χ0v) is 7.72. The number of alkyl halides is 1. The Kier molecular flexibility index (Phi) is 3.72. The number of sulfone groups is 1. The molecule has 0 saturated heterocycles. The summed E-state index contributed by atoms with van der Waals surface area (Å²) in [7, 11) is -3.04. The van der Waals surface area contributed by atoms with Gasteiger partial charge in [-0.05, 0) is 0 Å². The molecule has 4 nitrogen and oxygen atoms in total. The van der Waals surface area contributed by atoms with E-state index in [0.717, 1.165) is 0 Å². The van der Waals surface area contributed by atoms with Crippen LogP contribution in [-0.2, 0) is 18.9 Å². The highest BCUT2D eigenvalue weighted by Crippen LogP contribution is 1.99. The van der Waals surface area contributed by atoms with Gasteiger partial charge in [-0.1, -0.05) is 0 Å². The number of hydrogen-bond acceptors (Lipinski definition) is 4. The molecule has 0 amide bonds. The van der Waals surface area contributed by atoms with Gasteiger partial charge in [-0.25, -0.2) is 21.2 Å². The van der Waals surface area contributed by atoms with Crippen LogP contribution in [0.4, 0.5) is 4.39 Å². The highest BCUT2D eigenvalue weighted by molar-refractivity contribution is 8.14. The minimum Gasteiger partial charge on any atom is -0.234 e. The zero-order valence-electron chi connectivity index (χ0n) is 5.33. The van der Waals surface area contributed by atoms with Crippen molar-refractivity contribution in [1.29, 1.82) is 0 Å². The predicted molar refractivity (Wildman–Crippen MR) is 39.4 cm³/mol. The fraction of sp³-hybridized carbons (Fsp3) is 1.00. The van der Waals surface area contributed by atoms with Crippen LogP contribution in [0.3, 0.4) is 0 Å². The van der Waals surface area contributed by atoms with E-state index in [1.165, 1.54) is 0 Å². The summed E-state index contributed by atoms with van der Waals surface area (Å²) in [5.74, 6) is -1.52. The molecule has 11 heavy (non-hydrogen) atoms. The molecular weight excluding hydrogens is 219 g/mol. The van der Waals surface area contributed by atoms with Gasteiger partial charge in [0.25, 0.3) is 0 Å². The predicted octanol–water partition coefficient (Wildman–Crippen LogP) is -0.103. The van der Waals surface area contributed by atoms with Crippen LogP contribution in [0.2, 0.25) is 0 Å². The molecule has 8 heteroatoms. The maximum Gasteiger partial charge on any atom is 0.233 e. The van der Waals surface area contributed by atoms with E-state index in [4.69, 9.17) is 0 Å². The Labute approximate surface area is 68.7 Å². The summed E-state index contributed by atoms with van der Waals surface area (Å²) in [6.45, 7) is 0. The highest BCUT2D eigenvalue weighted by Gasteiger charge is 2.14. The Bertz CT molecular complexity index is 304. The number of halogens is 2. The normalized spacial score (nSPS) is 13.3. The lowest BCUT2D eigenvalue weighted by Gasteiger charge is -1.94. The van der Waals surface area contributed by atoms with Gasteiger partial charge in [-0.2, -0.15) is 0 Å². The molecule has 0 aliphatic heterocycles. The van der Waals surface area contributed by atoms with Gasteiger partial charge in [0.15, 0.2) is 15.8 Å². The van der Waals surface area contributed by atoms with Gasteiger partial charge in [0, 0.05) is 10.7 Å². The third kappa shape index (κ3) is 6.52. The van der Waals surface area contributed by atoms with E-state index in [1.54, 1.807) is 0 Å². The second-order valence-corrected chi connectivity index (χ2v) is 6.81. The van der Waals surface area contributed by atoms with Crippen LogP contribution in [0.25, 0.3) is 0 Å². The molecule has 0 radical (unpaired) electrons. The first-order chi connectivity index (χ1) is 4.77. The van der Waals surface area contributed by atoms with Crippen molar-refractivity contribution in [2.75, 3.05) is 17.5 Å². The molecule has 0 saturated carbocycles. The van der Waals surface area contributed by atoms with Gasteiger partial charge in [0.05, 0.1) is 11.5 Å². The molecule has 0 heterocycles. The van der Waals surface area contributed by atoms with Gasteiger partial charge in [-0.3, -0.25) is 0 Å². The molecule has 0 atom stereocenters. The van der Waals surface area contributed by atoms with Gasteiger partial charge < -0.3 is 0 Å². The summed E-state index contributed by atoms with van der Waals surface area (Å²) >= 11 is 0. The summed E-state index contributed by atoms with van der Waals surface area (Å²) in [5.41, 5.74) is 0. The molecule has 0 fully saturated rings. The maximum atomic E-state index is 11.5. The molecule has 0 aromatic carbocycles. The van der Waals surface area contributed by atoms with E-state index >= 15 is 0 Å². The average Bonchev–Trinajstić information content (AvgIpc) is 1.83. The van der Waals surface area contributed by atoms with E-state index in [-0.39, 0.29) is 0 Å². The Hall–Kier alpha value is 0.120. The fourth-order valence-electron chi connectivity index (χ4n) is 0.281. The van der Waals surface area contributed by atoms with Crippen molar-refractivity contribution in [3.05, 3.63) is 0 Å². The summed E-state index contributed by atoms with van der Waals surface area (Å²) in [5, 5.41) is 0. The first kappa shape index (κ1) is 11.1. The van der Waals surface area contributed by atoms with E-state index < -0.39 is 36.4 Å². The molecule has 0 rings (SSSR count). The quantitative estimate of drug-likeness (QED) is 0.626. The number of hydrogen-bond donors (Lipinski definition) is 0. The molecular formula is C3H6ClFO4S2. The Morgan fingerprint density at radius 1 is 1.09 bits per heavy atom. The van der Waals surface area contributed by atoms with Crippen LogP contribution >= 0.6 is 10.7 Å². The largest absolute Gasteiger partial charge is 0.234 e.